The highest BCUT2D eigenvalue weighted by Crippen LogP contribution is 2.26. The molecular formula is C11H15BrFNO. The molecule has 0 aromatic heterocycles. The number of hydrogen-bond acceptors (Lipinski definition) is 2. The molecular weight excluding hydrogens is 261 g/mol. The lowest BCUT2D eigenvalue weighted by Gasteiger charge is -2.23. The zero-order valence-corrected chi connectivity index (χ0v) is 10.3. The molecule has 0 saturated carbocycles. The van der Waals surface area contributed by atoms with Crippen LogP contribution in [-0.2, 0) is 0 Å². The Morgan fingerprint density at radius 2 is 2.00 bits per heavy atom. The van der Waals surface area contributed by atoms with E-state index in [1.807, 2.05) is 13.8 Å². The van der Waals surface area contributed by atoms with Gasteiger partial charge in [0.2, 0.25) is 0 Å². The summed E-state index contributed by atoms with van der Waals surface area (Å²) in [6.07, 6.45) is -0.742. The minimum atomic E-state index is -0.742. The molecule has 3 N–H and O–H groups in total. The molecule has 2 nitrogen and oxygen atoms in total. The maximum Gasteiger partial charge on any atom is 0.142 e. The van der Waals surface area contributed by atoms with Crippen molar-refractivity contribution in [2.24, 2.45) is 11.7 Å². The van der Waals surface area contributed by atoms with E-state index in [0.717, 1.165) is 0 Å². The second-order valence-electron chi connectivity index (χ2n) is 3.90. The first kappa shape index (κ1) is 12.6. The van der Waals surface area contributed by atoms with Crippen molar-refractivity contribution in [3.63, 3.8) is 0 Å². The van der Waals surface area contributed by atoms with Gasteiger partial charge in [0.05, 0.1) is 16.6 Å². The van der Waals surface area contributed by atoms with E-state index in [9.17, 15) is 9.50 Å². The Balaban J connectivity index is 3.01. The Labute approximate surface area is 97.4 Å². The van der Waals surface area contributed by atoms with E-state index >= 15 is 0 Å². The molecule has 0 aliphatic rings. The lowest BCUT2D eigenvalue weighted by atomic mass is 9.94. The number of aliphatic hydroxyl groups is 1. The van der Waals surface area contributed by atoms with Crippen LogP contribution in [0.1, 0.15) is 25.5 Å². The fraction of sp³-hybridized carbons (Fsp3) is 0.455. The Kier molecular flexibility index (Phi) is 4.25. The Bertz CT molecular complexity index is 343. The highest BCUT2D eigenvalue weighted by atomic mass is 79.9. The summed E-state index contributed by atoms with van der Waals surface area (Å²) in [5.41, 5.74) is 6.14. The number of nitrogens with two attached hydrogens (primary N) is 1. The van der Waals surface area contributed by atoms with Gasteiger partial charge in [-0.1, -0.05) is 26.0 Å². The molecule has 0 unspecified atom stereocenters. The summed E-state index contributed by atoms with van der Waals surface area (Å²) in [7, 11) is 0. The van der Waals surface area contributed by atoms with Crippen molar-refractivity contribution in [1.82, 2.24) is 0 Å². The molecule has 1 rings (SSSR count). The van der Waals surface area contributed by atoms with Crippen LogP contribution < -0.4 is 5.73 Å². The molecule has 0 heterocycles. The SMILES string of the molecule is CC(C)[C@@H](O)[C@@H](N)c1cccc(Br)c1F. The van der Waals surface area contributed by atoms with Crippen molar-refractivity contribution >= 4 is 15.9 Å². The summed E-state index contributed by atoms with van der Waals surface area (Å²) >= 11 is 3.09. The van der Waals surface area contributed by atoms with Gasteiger partial charge in [-0.15, -0.1) is 0 Å². The van der Waals surface area contributed by atoms with Gasteiger partial charge in [0.25, 0.3) is 0 Å². The molecule has 2 atom stereocenters. The molecule has 0 aliphatic carbocycles. The first-order valence-electron chi connectivity index (χ1n) is 4.82. The maximum absolute atomic E-state index is 13.6. The number of aliphatic hydroxyl groups excluding tert-OH is 1. The Hall–Kier alpha value is -0.450. The van der Waals surface area contributed by atoms with Crippen LogP contribution >= 0.6 is 15.9 Å². The summed E-state index contributed by atoms with van der Waals surface area (Å²) < 4.78 is 14.0. The van der Waals surface area contributed by atoms with E-state index < -0.39 is 18.0 Å². The third-order valence-corrected chi connectivity index (χ3v) is 3.00. The summed E-state index contributed by atoms with van der Waals surface area (Å²) in [5, 5.41) is 9.76. The predicted octanol–water partition coefficient (Wildman–Crippen LogP) is 2.60. The molecule has 15 heavy (non-hydrogen) atoms. The van der Waals surface area contributed by atoms with Gasteiger partial charge >= 0.3 is 0 Å². The zero-order valence-electron chi connectivity index (χ0n) is 8.74. The van der Waals surface area contributed by atoms with Crippen LogP contribution in [0.15, 0.2) is 22.7 Å². The highest BCUT2D eigenvalue weighted by Gasteiger charge is 2.23. The summed E-state index contributed by atoms with van der Waals surface area (Å²) in [6, 6.07) is 4.21. The Morgan fingerprint density at radius 3 is 2.53 bits per heavy atom. The van der Waals surface area contributed by atoms with Gasteiger partial charge < -0.3 is 10.8 Å². The van der Waals surface area contributed by atoms with Crippen LogP contribution in [0.3, 0.4) is 0 Å². The van der Waals surface area contributed by atoms with Crippen molar-refractivity contribution < 1.29 is 9.50 Å². The summed E-state index contributed by atoms with van der Waals surface area (Å²) in [4.78, 5) is 0. The van der Waals surface area contributed by atoms with Gasteiger partial charge in [-0.2, -0.15) is 0 Å². The molecule has 0 aliphatic heterocycles. The molecule has 1 aromatic carbocycles. The van der Waals surface area contributed by atoms with Crippen LogP contribution in [0.2, 0.25) is 0 Å². The van der Waals surface area contributed by atoms with Gasteiger partial charge in [0.15, 0.2) is 0 Å². The van der Waals surface area contributed by atoms with E-state index in [2.05, 4.69) is 15.9 Å². The lowest BCUT2D eigenvalue weighted by Crippen LogP contribution is -2.31. The quantitative estimate of drug-likeness (QED) is 0.891. The third kappa shape index (κ3) is 2.77. The van der Waals surface area contributed by atoms with Crippen LogP contribution in [0.4, 0.5) is 4.39 Å². The monoisotopic (exact) mass is 275 g/mol. The van der Waals surface area contributed by atoms with Crippen LogP contribution in [-0.4, -0.2) is 11.2 Å². The number of halogens is 2. The molecule has 0 fully saturated rings. The molecule has 0 spiro atoms. The smallest absolute Gasteiger partial charge is 0.142 e. The molecule has 0 bridgehead atoms. The second kappa shape index (κ2) is 5.05. The summed E-state index contributed by atoms with van der Waals surface area (Å²) in [6.45, 7) is 3.70. The number of rotatable bonds is 3. The maximum atomic E-state index is 13.6. The molecule has 0 amide bonds. The van der Waals surface area contributed by atoms with Crippen LogP contribution in [0.25, 0.3) is 0 Å². The Morgan fingerprint density at radius 1 is 1.40 bits per heavy atom. The molecule has 0 radical (unpaired) electrons. The van der Waals surface area contributed by atoms with E-state index in [4.69, 9.17) is 5.73 Å². The van der Waals surface area contributed by atoms with E-state index in [1.54, 1.807) is 18.2 Å². The fourth-order valence-corrected chi connectivity index (χ4v) is 1.76. The normalized spacial score (nSPS) is 15.4. The van der Waals surface area contributed by atoms with Crippen molar-refractivity contribution in [3.8, 4) is 0 Å². The number of hydrogen-bond donors (Lipinski definition) is 2. The highest BCUT2D eigenvalue weighted by molar-refractivity contribution is 9.10. The van der Waals surface area contributed by atoms with Gasteiger partial charge in [-0.05, 0) is 27.9 Å². The van der Waals surface area contributed by atoms with Gasteiger partial charge in [-0.25, -0.2) is 4.39 Å². The molecule has 4 heteroatoms. The summed E-state index contributed by atoms with van der Waals surface area (Å²) in [5.74, 6) is -0.400. The zero-order chi connectivity index (χ0) is 11.6. The van der Waals surface area contributed by atoms with E-state index in [0.29, 0.717) is 10.0 Å². The van der Waals surface area contributed by atoms with Crippen molar-refractivity contribution in [3.05, 3.63) is 34.1 Å². The van der Waals surface area contributed by atoms with Crippen molar-refractivity contribution in [2.75, 3.05) is 0 Å². The standard InChI is InChI=1S/C11H15BrFNO/c1-6(2)11(15)10(14)7-4-3-5-8(12)9(7)13/h3-6,10-11,15H,14H2,1-2H3/t10-,11+/m0/s1. The van der Waals surface area contributed by atoms with Gasteiger partial charge in [0, 0.05) is 5.56 Å². The van der Waals surface area contributed by atoms with E-state index in [1.165, 1.54) is 0 Å². The fourth-order valence-electron chi connectivity index (χ4n) is 1.38. The van der Waals surface area contributed by atoms with Crippen molar-refractivity contribution in [1.29, 1.82) is 0 Å². The van der Waals surface area contributed by atoms with E-state index in [-0.39, 0.29) is 5.92 Å². The number of benzene rings is 1. The van der Waals surface area contributed by atoms with Crippen molar-refractivity contribution in [2.45, 2.75) is 26.0 Å². The topological polar surface area (TPSA) is 46.2 Å². The lowest BCUT2D eigenvalue weighted by molar-refractivity contribution is 0.0966. The third-order valence-electron chi connectivity index (χ3n) is 2.39. The first-order valence-corrected chi connectivity index (χ1v) is 5.62. The first-order chi connectivity index (χ1) is 6.95. The predicted molar refractivity (Wildman–Crippen MR) is 61.9 cm³/mol. The minimum absolute atomic E-state index is 0.00150. The largest absolute Gasteiger partial charge is 0.391 e. The molecule has 84 valence electrons. The van der Waals surface area contributed by atoms with Gasteiger partial charge in [0.1, 0.15) is 5.82 Å². The minimum Gasteiger partial charge on any atom is -0.391 e. The van der Waals surface area contributed by atoms with Crippen LogP contribution in [0.5, 0.6) is 0 Å². The molecule has 0 saturated heterocycles. The average Bonchev–Trinajstić information content (AvgIpc) is 2.20. The molecule has 1 aromatic rings. The second-order valence-corrected chi connectivity index (χ2v) is 4.76. The van der Waals surface area contributed by atoms with Gasteiger partial charge in [-0.3, -0.25) is 0 Å². The van der Waals surface area contributed by atoms with Crippen LogP contribution in [0, 0.1) is 11.7 Å². The average molecular weight is 276 g/mol.